The van der Waals surface area contributed by atoms with Gasteiger partial charge in [-0.2, -0.15) is 0 Å². The molecule has 1 aliphatic heterocycles. The molecule has 0 bridgehead atoms. The highest BCUT2D eigenvalue weighted by molar-refractivity contribution is 5.48. The Kier molecular flexibility index (Phi) is 5.74. The fourth-order valence-corrected chi connectivity index (χ4v) is 2.75. The van der Waals surface area contributed by atoms with Gasteiger partial charge in [-0.05, 0) is 64.1 Å². The standard InChI is InChI=1S/C17H25FN2/c1-19(2)17-6-4-13-20(14-11-17)12-3-5-15-7-9-16(18)10-8-15/h3,5,7-10,17H,4,6,11-14H2,1-2H3/b5-3+. The van der Waals surface area contributed by atoms with E-state index in [-0.39, 0.29) is 5.82 Å². The summed E-state index contributed by atoms with van der Waals surface area (Å²) in [4.78, 5) is 4.85. The van der Waals surface area contributed by atoms with Gasteiger partial charge in [-0.3, -0.25) is 4.90 Å². The van der Waals surface area contributed by atoms with Gasteiger partial charge in [0.15, 0.2) is 0 Å². The van der Waals surface area contributed by atoms with Gasteiger partial charge in [-0.1, -0.05) is 24.3 Å². The van der Waals surface area contributed by atoms with Crippen LogP contribution >= 0.6 is 0 Å². The molecule has 0 saturated carbocycles. The van der Waals surface area contributed by atoms with Gasteiger partial charge in [0.25, 0.3) is 0 Å². The molecular formula is C17H25FN2. The van der Waals surface area contributed by atoms with Crippen LogP contribution in [0.25, 0.3) is 6.08 Å². The molecule has 0 N–H and O–H groups in total. The van der Waals surface area contributed by atoms with Crippen molar-refractivity contribution in [3.05, 3.63) is 41.7 Å². The minimum atomic E-state index is -0.176. The van der Waals surface area contributed by atoms with E-state index in [1.165, 1.54) is 37.9 Å². The largest absolute Gasteiger partial charge is 0.306 e. The number of hydrogen-bond acceptors (Lipinski definition) is 2. The lowest BCUT2D eigenvalue weighted by atomic mass is 10.1. The topological polar surface area (TPSA) is 6.48 Å². The third-order valence-electron chi connectivity index (χ3n) is 4.06. The SMILES string of the molecule is CN(C)C1CCCN(C/C=C/c2ccc(F)cc2)CC1. The molecule has 3 heteroatoms. The van der Waals surface area contributed by atoms with E-state index in [1.807, 2.05) is 12.1 Å². The molecule has 0 radical (unpaired) electrons. The maximum atomic E-state index is 12.8. The zero-order valence-electron chi connectivity index (χ0n) is 12.6. The van der Waals surface area contributed by atoms with Gasteiger partial charge in [0, 0.05) is 12.6 Å². The molecule has 0 amide bonds. The zero-order valence-corrected chi connectivity index (χ0v) is 12.6. The molecule has 1 atom stereocenters. The van der Waals surface area contributed by atoms with Crippen LogP contribution in [-0.4, -0.2) is 49.6 Å². The van der Waals surface area contributed by atoms with Gasteiger partial charge in [0.05, 0.1) is 0 Å². The number of likely N-dealkylation sites (tertiary alicyclic amines) is 1. The Morgan fingerprint density at radius 1 is 1.20 bits per heavy atom. The fourth-order valence-electron chi connectivity index (χ4n) is 2.75. The summed E-state index contributed by atoms with van der Waals surface area (Å²) in [5.41, 5.74) is 1.06. The Balaban J connectivity index is 1.80. The molecule has 0 aliphatic carbocycles. The number of rotatable bonds is 4. The number of halogens is 1. The Labute approximate surface area is 121 Å². The highest BCUT2D eigenvalue weighted by Crippen LogP contribution is 2.14. The molecule has 1 heterocycles. The van der Waals surface area contributed by atoms with Crippen molar-refractivity contribution in [1.29, 1.82) is 0 Å². The Morgan fingerprint density at radius 3 is 2.65 bits per heavy atom. The summed E-state index contributed by atoms with van der Waals surface area (Å²) in [7, 11) is 4.35. The van der Waals surface area contributed by atoms with Crippen LogP contribution in [0, 0.1) is 5.82 Å². The van der Waals surface area contributed by atoms with Crippen LogP contribution < -0.4 is 0 Å². The second-order valence-electron chi connectivity index (χ2n) is 5.80. The van der Waals surface area contributed by atoms with E-state index in [4.69, 9.17) is 0 Å². The summed E-state index contributed by atoms with van der Waals surface area (Å²) in [5, 5.41) is 0. The van der Waals surface area contributed by atoms with Crippen molar-refractivity contribution in [3.8, 4) is 0 Å². The first-order valence-corrected chi connectivity index (χ1v) is 7.46. The molecule has 1 aliphatic rings. The molecule has 0 spiro atoms. The normalized spacial score (nSPS) is 21.5. The second kappa shape index (κ2) is 7.55. The van der Waals surface area contributed by atoms with Crippen molar-refractivity contribution in [2.24, 2.45) is 0 Å². The molecule has 2 nitrogen and oxygen atoms in total. The van der Waals surface area contributed by atoms with Crippen LogP contribution in [0.3, 0.4) is 0 Å². The van der Waals surface area contributed by atoms with Crippen molar-refractivity contribution in [1.82, 2.24) is 9.80 Å². The van der Waals surface area contributed by atoms with Gasteiger partial charge < -0.3 is 4.90 Å². The Hall–Kier alpha value is -1.19. The average Bonchev–Trinajstić information content (AvgIpc) is 2.67. The fraction of sp³-hybridized carbons (Fsp3) is 0.529. The van der Waals surface area contributed by atoms with E-state index in [1.54, 1.807) is 0 Å². The van der Waals surface area contributed by atoms with E-state index >= 15 is 0 Å². The molecule has 0 aromatic heterocycles. The van der Waals surface area contributed by atoms with Crippen LogP contribution in [-0.2, 0) is 0 Å². The number of nitrogens with zero attached hydrogens (tertiary/aromatic N) is 2. The zero-order chi connectivity index (χ0) is 14.4. The molecule has 1 saturated heterocycles. The first-order valence-electron chi connectivity index (χ1n) is 7.46. The third-order valence-corrected chi connectivity index (χ3v) is 4.06. The number of hydrogen-bond donors (Lipinski definition) is 0. The Morgan fingerprint density at radius 2 is 1.95 bits per heavy atom. The summed E-state index contributed by atoms with van der Waals surface area (Å²) in [6, 6.07) is 7.37. The monoisotopic (exact) mass is 276 g/mol. The molecule has 1 fully saturated rings. The minimum Gasteiger partial charge on any atom is -0.306 e. The average molecular weight is 276 g/mol. The minimum absolute atomic E-state index is 0.176. The molecule has 20 heavy (non-hydrogen) atoms. The maximum Gasteiger partial charge on any atom is 0.123 e. The summed E-state index contributed by atoms with van der Waals surface area (Å²) in [6.45, 7) is 3.33. The van der Waals surface area contributed by atoms with Crippen molar-refractivity contribution in [3.63, 3.8) is 0 Å². The predicted molar refractivity (Wildman–Crippen MR) is 83.2 cm³/mol. The molecule has 110 valence electrons. The highest BCUT2D eigenvalue weighted by atomic mass is 19.1. The Bertz CT molecular complexity index is 425. The molecule has 1 aromatic rings. The van der Waals surface area contributed by atoms with E-state index in [2.05, 4.69) is 36.0 Å². The van der Waals surface area contributed by atoms with Gasteiger partial charge in [-0.15, -0.1) is 0 Å². The summed E-state index contributed by atoms with van der Waals surface area (Å²) < 4.78 is 12.8. The van der Waals surface area contributed by atoms with Gasteiger partial charge >= 0.3 is 0 Å². The summed E-state index contributed by atoms with van der Waals surface area (Å²) >= 11 is 0. The molecular weight excluding hydrogens is 251 g/mol. The first-order chi connectivity index (χ1) is 9.65. The van der Waals surface area contributed by atoms with Crippen molar-refractivity contribution >= 4 is 6.08 Å². The van der Waals surface area contributed by atoms with Crippen LogP contribution in [0.2, 0.25) is 0 Å². The lowest BCUT2D eigenvalue weighted by molar-refractivity contribution is 0.257. The van der Waals surface area contributed by atoms with Crippen LogP contribution in [0.4, 0.5) is 4.39 Å². The van der Waals surface area contributed by atoms with Crippen LogP contribution in [0.15, 0.2) is 30.3 Å². The second-order valence-corrected chi connectivity index (χ2v) is 5.80. The van der Waals surface area contributed by atoms with Crippen molar-refractivity contribution in [2.75, 3.05) is 33.7 Å². The maximum absolute atomic E-state index is 12.8. The van der Waals surface area contributed by atoms with Crippen molar-refractivity contribution in [2.45, 2.75) is 25.3 Å². The van der Waals surface area contributed by atoms with Gasteiger partial charge in [-0.25, -0.2) is 4.39 Å². The van der Waals surface area contributed by atoms with Crippen LogP contribution in [0.1, 0.15) is 24.8 Å². The molecule has 1 aromatic carbocycles. The number of benzene rings is 1. The molecule has 2 rings (SSSR count). The smallest absolute Gasteiger partial charge is 0.123 e. The summed E-state index contributed by atoms with van der Waals surface area (Å²) in [5.74, 6) is -0.176. The van der Waals surface area contributed by atoms with Gasteiger partial charge in [0.2, 0.25) is 0 Å². The molecule has 1 unspecified atom stereocenters. The van der Waals surface area contributed by atoms with E-state index in [0.29, 0.717) is 0 Å². The van der Waals surface area contributed by atoms with E-state index in [9.17, 15) is 4.39 Å². The highest BCUT2D eigenvalue weighted by Gasteiger charge is 2.17. The quantitative estimate of drug-likeness (QED) is 0.833. The van der Waals surface area contributed by atoms with Crippen molar-refractivity contribution < 1.29 is 4.39 Å². The van der Waals surface area contributed by atoms with Crippen LogP contribution in [0.5, 0.6) is 0 Å². The third kappa shape index (κ3) is 4.73. The van der Waals surface area contributed by atoms with E-state index < -0.39 is 0 Å². The first kappa shape index (κ1) is 15.2. The van der Waals surface area contributed by atoms with Gasteiger partial charge in [0.1, 0.15) is 5.82 Å². The lowest BCUT2D eigenvalue weighted by Crippen LogP contribution is -2.30. The lowest BCUT2D eigenvalue weighted by Gasteiger charge is -2.22. The van der Waals surface area contributed by atoms with E-state index in [0.717, 1.165) is 24.7 Å². The summed E-state index contributed by atoms with van der Waals surface area (Å²) in [6.07, 6.45) is 8.08. The predicted octanol–water partition coefficient (Wildman–Crippen LogP) is 3.26.